The van der Waals surface area contributed by atoms with Crippen LogP contribution < -0.4 is 19.5 Å². The molecule has 0 bridgehead atoms. The average Bonchev–Trinajstić information content (AvgIpc) is 3.32. The number of fused-ring (bicyclic) bond motifs is 1. The van der Waals surface area contributed by atoms with E-state index >= 15 is 0 Å². The van der Waals surface area contributed by atoms with Gasteiger partial charge in [-0.1, -0.05) is 42.3 Å². The van der Waals surface area contributed by atoms with Crippen LogP contribution in [0.3, 0.4) is 0 Å². The molecule has 0 unspecified atom stereocenters. The van der Waals surface area contributed by atoms with Crippen molar-refractivity contribution in [2.75, 3.05) is 27.4 Å². The molecule has 218 valence electrons. The number of unbranched alkanes of at least 4 members (excludes halogenated alkanes) is 3. The summed E-state index contributed by atoms with van der Waals surface area (Å²) in [5, 5.41) is 3.04. The van der Waals surface area contributed by atoms with Crippen LogP contribution in [0.4, 0.5) is 0 Å². The first kappa shape index (κ1) is 30.0. The maximum absolute atomic E-state index is 12.4. The number of nitrogens with zero attached hydrogens (tertiary/aromatic N) is 2. The quantitative estimate of drug-likeness (QED) is 0.157. The number of amides is 1. The SMILES string of the molecule is COc1ccc(CC(=O)NCCCCCc2nc3ccccc3n2CCCCOc2ccc(C)cc2C)cc1OC. The fourth-order valence-corrected chi connectivity index (χ4v) is 5.13. The molecule has 1 aromatic heterocycles. The topological polar surface area (TPSA) is 74.6 Å². The van der Waals surface area contributed by atoms with Gasteiger partial charge in [0.25, 0.3) is 0 Å². The molecular weight excluding hydrogens is 514 g/mol. The maximum atomic E-state index is 12.4. The molecule has 4 rings (SSSR count). The number of imidazole rings is 1. The van der Waals surface area contributed by atoms with E-state index in [9.17, 15) is 4.79 Å². The first-order valence-electron chi connectivity index (χ1n) is 14.6. The number of ether oxygens (including phenoxy) is 3. The Morgan fingerprint density at radius 3 is 2.46 bits per heavy atom. The predicted octanol–water partition coefficient (Wildman–Crippen LogP) is 6.60. The molecule has 1 N–H and O–H groups in total. The Labute approximate surface area is 243 Å². The molecule has 1 heterocycles. The summed E-state index contributed by atoms with van der Waals surface area (Å²) in [6, 6.07) is 20.3. The summed E-state index contributed by atoms with van der Waals surface area (Å²) < 4.78 is 19.0. The van der Waals surface area contributed by atoms with Gasteiger partial charge in [-0.05, 0) is 81.0 Å². The summed E-state index contributed by atoms with van der Waals surface area (Å²) in [7, 11) is 3.20. The highest BCUT2D eigenvalue weighted by Crippen LogP contribution is 2.27. The normalized spacial score (nSPS) is 11.0. The van der Waals surface area contributed by atoms with Crippen LogP contribution in [0, 0.1) is 13.8 Å². The Morgan fingerprint density at radius 1 is 0.854 bits per heavy atom. The minimum atomic E-state index is 0.0144. The van der Waals surface area contributed by atoms with Crippen LogP contribution >= 0.6 is 0 Å². The number of hydrogen-bond acceptors (Lipinski definition) is 5. The van der Waals surface area contributed by atoms with Gasteiger partial charge in [0.1, 0.15) is 11.6 Å². The second kappa shape index (κ2) is 15.1. The lowest BCUT2D eigenvalue weighted by molar-refractivity contribution is -0.120. The molecular formula is C34H43N3O4. The van der Waals surface area contributed by atoms with Crippen LogP contribution in [0.25, 0.3) is 11.0 Å². The minimum Gasteiger partial charge on any atom is -0.493 e. The van der Waals surface area contributed by atoms with E-state index in [1.165, 1.54) is 16.6 Å². The summed E-state index contributed by atoms with van der Waals surface area (Å²) in [6.07, 6.45) is 6.27. The number of carbonyl (C=O) groups is 1. The van der Waals surface area contributed by atoms with Crippen LogP contribution in [0.5, 0.6) is 17.2 Å². The molecule has 0 spiro atoms. The highest BCUT2D eigenvalue weighted by Gasteiger charge is 2.11. The van der Waals surface area contributed by atoms with Gasteiger partial charge in [-0.2, -0.15) is 0 Å². The van der Waals surface area contributed by atoms with Gasteiger partial charge in [0.15, 0.2) is 11.5 Å². The number of para-hydroxylation sites is 2. The Kier molecular flexibility index (Phi) is 11.1. The molecule has 0 atom stereocenters. The third-order valence-corrected chi connectivity index (χ3v) is 7.31. The zero-order valence-electron chi connectivity index (χ0n) is 24.9. The van der Waals surface area contributed by atoms with Crippen LogP contribution in [0.2, 0.25) is 0 Å². The number of aromatic nitrogens is 2. The molecule has 0 saturated carbocycles. The van der Waals surface area contributed by atoms with Crippen molar-refractivity contribution in [3.05, 3.63) is 83.2 Å². The van der Waals surface area contributed by atoms with Crippen molar-refractivity contribution in [3.8, 4) is 17.2 Å². The van der Waals surface area contributed by atoms with Crippen LogP contribution in [0.1, 0.15) is 54.6 Å². The summed E-state index contributed by atoms with van der Waals surface area (Å²) in [6.45, 7) is 6.51. The van der Waals surface area contributed by atoms with Gasteiger partial charge in [-0.3, -0.25) is 4.79 Å². The number of carbonyl (C=O) groups excluding carboxylic acids is 1. The summed E-state index contributed by atoms with van der Waals surface area (Å²) in [5.41, 5.74) is 5.59. The van der Waals surface area contributed by atoms with Gasteiger partial charge in [0, 0.05) is 19.5 Å². The lowest BCUT2D eigenvalue weighted by Gasteiger charge is -2.12. The summed E-state index contributed by atoms with van der Waals surface area (Å²) in [4.78, 5) is 17.4. The molecule has 7 heteroatoms. The number of aryl methyl sites for hydroxylation is 4. The Morgan fingerprint density at radius 2 is 1.66 bits per heavy atom. The van der Waals surface area contributed by atoms with Crippen molar-refractivity contribution in [3.63, 3.8) is 0 Å². The average molecular weight is 558 g/mol. The highest BCUT2D eigenvalue weighted by molar-refractivity contribution is 5.78. The van der Waals surface area contributed by atoms with Crippen LogP contribution in [0.15, 0.2) is 60.7 Å². The molecule has 1 amide bonds. The number of nitrogens with one attached hydrogen (secondary N) is 1. The van der Waals surface area contributed by atoms with Crippen molar-refractivity contribution in [2.24, 2.45) is 0 Å². The predicted molar refractivity (Wildman–Crippen MR) is 164 cm³/mol. The highest BCUT2D eigenvalue weighted by atomic mass is 16.5. The van der Waals surface area contributed by atoms with Gasteiger partial charge in [0.05, 0.1) is 38.3 Å². The second-order valence-corrected chi connectivity index (χ2v) is 10.5. The minimum absolute atomic E-state index is 0.0144. The molecule has 41 heavy (non-hydrogen) atoms. The van der Waals surface area contributed by atoms with E-state index in [1.54, 1.807) is 14.2 Å². The molecule has 4 aromatic rings. The van der Waals surface area contributed by atoms with Gasteiger partial charge in [-0.25, -0.2) is 4.98 Å². The smallest absolute Gasteiger partial charge is 0.224 e. The van der Waals surface area contributed by atoms with Crippen molar-refractivity contribution in [1.82, 2.24) is 14.9 Å². The third-order valence-electron chi connectivity index (χ3n) is 7.31. The molecule has 0 aliphatic carbocycles. The van der Waals surface area contributed by atoms with Gasteiger partial charge >= 0.3 is 0 Å². The van der Waals surface area contributed by atoms with E-state index in [2.05, 4.69) is 60.1 Å². The van der Waals surface area contributed by atoms with Crippen molar-refractivity contribution < 1.29 is 19.0 Å². The van der Waals surface area contributed by atoms with Gasteiger partial charge in [-0.15, -0.1) is 0 Å². The molecule has 0 fully saturated rings. The van der Waals surface area contributed by atoms with Crippen molar-refractivity contribution >= 4 is 16.9 Å². The van der Waals surface area contributed by atoms with Crippen molar-refractivity contribution in [1.29, 1.82) is 0 Å². The third kappa shape index (κ3) is 8.49. The zero-order chi connectivity index (χ0) is 29.0. The number of methoxy groups -OCH3 is 2. The van der Waals surface area contributed by atoms with Crippen LogP contribution in [-0.2, 0) is 24.2 Å². The van der Waals surface area contributed by atoms with Crippen LogP contribution in [-0.4, -0.2) is 42.8 Å². The largest absolute Gasteiger partial charge is 0.493 e. The molecule has 0 aliphatic heterocycles. The zero-order valence-corrected chi connectivity index (χ0v) is 24.9. The van der Waals surface area contributed by atoms with E-state index in [1.807, 2.05) is 24.3 Å². The van der Waals surface area contributed by atoms with Gasteiger partial charge in [0.2, 0.25) is 5.91 Å². The molecule has 0 aliphatic rings. The molecule has 3 aromatic carbocycles. The fraction of sp³-hybridized carbons (Fsp3) is 0.412. The summed E-state index contributed by atoms with van der Waals surface area (Å²) >= 11 is 0. The molecule has 0 radical (unpaired) electrons. The maximum Gasteiger partial charge on any atom is 0.224 e. The first-order valence-corrected chi connectivity index (χ1v) is 14.6. The number of hydrogen-bond donors (Lipinski definition) is 1. The van der Waals surface area contributed by atoms with Gasteiger partial charge < -0.3 is 24.1 Å². The van der Waals surface area contributed by atoms with E-state index in [4.69, 9.17) is 19.2 Å². The lowest BCUT2D eigenvalue weighted by atomic mass is 10.1. The van der Waals surface area contributed by atoms with E-state index in [0.29, 0.717) is 31.1 Å². The van der Waals surface area contributed by atoms with E-state index in [0.717, 1.165) is 67.7 Å². The van der Waals surface area contributed by atoms with Crippen molar-refractivity contribution in [2.45, 2.75) is 65.3 Å². The summed E-state index contributed by atoms with van der Waals surface area (Å²) in [5.74, 6) is 3.42. The standard InChI is InChI=1S/C34H43N3O4/c1-25-15-17-30(26(2)22-25)41-21-11-10-20-37-29-13-8-7-12-28(29)36-33(37)14-6-5-9-19-35-34(38)24-27-16-18-31(39-3)32(23-27)40-4/h7-8,12-13,15-18,22-23H,5-6,9-11,14,19-21,24H2,1-4H3,(H,35,38). The Hall–Kier alpha value is -4.00. The number of rotatable bonds is 16. The molecule has 0 saturated heterocycles. The van der Waals surface area contributed by atoms with E-state index in [-0.39, 0.29) is 5.91 Å². The lowest BCUT2D eigenvalue weighted by Crippen LogP contribution is -2.26. The second-order valence-electron chi connectivity index (χ2n) is 10.5. The number of benzene rings is 3. The monoisotopic (exact) mass is 557 g/mol. The first-order chi connectivity index (χ1) is 20.0. The fourth-order valence-electron chi connectivity index (χ4n) is 5.13. The Bertz CT molecular complexity index is 1430. The Balaban J connectivity index is 1.19. The van der Waals surface area contributed by atoms with E-state index < -0.39 is 0 Å². The molecule has 7 nitrogen and oxygen atoms in total.